The van der Waals surface area contributed by atoms with Crippen molar-refractivity contribution in [3.8, 4) is 5.75 Å². The maximum absolute atomic E-state index is 12.7. The molecule has 0 radical (unpaired) electrons. The van der Waals surface area contributed by atoms with E-state index in [-0.39, 0.29) is 15.7 Å². The molecule has 0 aliphatic carbocycles. The van der Waals surface area contributed by atoms with Gasteiger partial charge in [0.2, 0.25) is 10.0 Å². The first-order chi connectivity index (χ1) is 15.3. The van der Waals surface area contributed by atoms with Crippen molar-refractivity contribution in [2.75, 3.05) is 13.2 Å². The number of hydrogen-bond acceptors (Lipinski definition) is 4. The second kappa shape index (κ2) is 10.6. The molecular formula is C26H43N3O3S. The second-order valence-electron chi connectivity index (χ2n) is 10.3. The van der Waals surface area contributed by atoms with E-state index in [1.807, 2.05) is 0 Å². The Balaban J connectivity index is 1.99. The highest BCUT2D eigenvalue weighted by Gasteiger charge is 2.27. The molecule has 0 aliphatic heterocycles. The highest BCUT2D eigenvalue weighted by atomic mass is 32.2. The van der Waals surface area contributed by atoms with Gasteiger partial charge in [0.05, 0.1) is 18.0 Å². The zero-order valence-corrected chi connectivity index (χ0v) is 22.8. The van der Waals surface area contributed by atoms with Crippen LogP contribution in [0.15, 0.2) is 23.1 Å². The van der Waals surface area contributed by atoms with E-state index in [2.05, 4.69) is 69.6 Å². The van der Waals surface area contributed by atoms with Gasteiger partial charge in [0.25, 0.3) is 0 Å². The Hall–Kier alpha value is -1.86. The van der Waals surface area contributed by atoms with Crippen molar-refractivity contribution >= 4 is 10.0 Å². The maximum atomic E-state index is 12.7. The van der Waals surface area contributed by atoms with Gasteiger partial charge in [-0.1, -0.05) is 53.7 Å². The quantitative estimate of drug-likeness (QED) is 0.407. The van der Waals surface area contributed by atoms with Crippen molar-refractivity contribution in [1.29, 1.82) is 0 Å². The normalized spacial score (nSPS) is 12.9. The number of sulfonamides is 1. The number of nitrogens with zero attached hydrogens (tertiary/aromatic N) is 2. The predicted molar refractivity (Wildman–Crippen MR) is 136 cm³/mol. The van der Waals surface area contributed by atoms with E-state index >= 15 is 0 Å². The molecule has 2 aromatic rings. The number of unbranched alkanes of at least 4 members (excludes halogenated alkanes) is 1. The van der Waals surface area contributed by atoms with Gasteiger partial charge in [0.15, 0.2) is 0 Å². The third kappa shape index (κ3) is 6.38. The van der Waals surface area contributed by atoms with Crippen LogP contribution in [0.4, 0.5) is 0 Å². The summed E-state index contributed by atoms with van der Waals surface area (Å²) in [4.78, 5) is 0.280. The van der Waals surface area contributed by atoms with Crippen LogP contribution in [0.25, 0.3) is 0 Å². The lowest BCUT2D eigenvalue weighted by Crippen LogP contribution is -2.26. The van der Waals surface area contributed by atoms with Crippen LogP contribution in [0, 0.1) is 13.8 Å². The minimum absolute atomic E-state index is 0.0181. The first kappa shape index (κ1) is 27.4. The summed E-state index contributed by atoms with van der Waals surface area (Å²) < 4.78 is 35.8. The minimum atomic E-state index is -3.57. The molecule has 0 saturated carbocycles. The van der Waals surface area contributed by atoms with E-state index in [9.17, 15) is 8.42 Å². The molecule has 0 aliphatic rings. The van der Waals surface area contributed by atoms with Gasteiger partial charge in [-0.25, -0.2) is 13.1 Å². The first-order valence-corrected chi connectivity index (χ1v) is 13.5. The Kier molecular flexibility index (Phi) is 8.80. The van der Waals surface area contributed by atoms with Crippen molar-refractivity contribution < 1.29 is 13.2 Å². The Labute approximate surface area is 201 Å². The van der Waals surface area contributed by atoms with Crippen molar-refractivity contribution in [3.63, 3.8) is 0 Å². The van der Waals surface area contributed by atoms with E-state index in [0.717, 1.165) is 25.0 Å². The van der Waals surface area contributed by atoms with Gasteiger partial charge in [-0.3, -0.25) is 4.68 Å². The van der Waals surface area contributed by atoms with E-state index in [0.29, 0.717) is 31.0 Å². The predicted octanol–water partition coefficient (Wildman–Crippen LogP) is 5.55. The Morgan fingerprint density at radius 3 is 2.21 bits per heavy atom. The van der Waals surface area contributed by atoms with Crippen LogP contribution < -0.4 is 9.46 Å². The number of hydrogen-bond donors (Lipinski definition) is 1. The standard InChI is InChI=1S/C26H43N3O3S/c1-10-25(5,6)21-14-15-23(22(18-21)26(7,8)11-2)32-17-13-12-16-27-33(30,31)24-19(3)28-29(9)20(24)4/h14-15,18,27H,10-13,16-17H2,1-9H3. The zero-order chi connectivity index (χ0) is 25.0. The molecule has 1 aromatic heterocycles. The van der Waals surface area contributed by atoms with Gasteiger partial charge in [-0.2, -0.15) is 5.10 Å². The van der Waals surface area contributed by atoms with Crippen LogP contribution in [-0.2, 0) is 27.9 Å². The lowest BCUT2D eigenvalue weighted by Gasteiger charge is -2.30. The van der Waals surface area contributed by atoms with Gasteiger partial charge >= 0.3 is 0 Å². The third-order valence-corrected chi connectivity index (χ3v) is 8.80. The fraction of sp³-hybridized carbons (Fsp3) is 0.654. The van der Waals surface area contributed by atoms with E-state index in [1.165, 1.54) is 11.1 Å². The first-order valence-electron chi connectivity index (χ1n) is 12.0. The molecule has 186 valence electrons. The molecule has 1 N–H and O–H groups in total. The molecule has 0 unspecified atom stereocenters. The van der Waals surface area contributed by atoms with E-state index in [1.54, 1.807) is 25.6 Å². The minimum Gasteiger partial charge on any atom is -0.493 e. The SMILES string of the molecule is CCC(C)(C)c1ccc(OCCCCNS(=O)(=O)c2c(C)nn(C)c2C)c(C(C)(C)CC)c1. The summed E-state index contributed by atoms with van der Waals surface area (Å²) in [5, 5.41) is 4.21. The molecular weight excluding hydrogens is 434 g/mol. The Morgan fingerprint density at radius 1 is 1.03 bits per heavy atom. The Bertz CT molecular complexity index is 1050. The Morgan fingerprint density at radius 2 is 1.67 bits per heavy atom. The van der Waals surface area contributed by atoms with Crippen molar-refractivity contribution in [1.82, 2.24) is 14.5 Å². The summed E-state index contributed by atoms with van der Waals surface area (Å²) in [6, 6.07) is 6.60. The second-order valence-corrected chi connectivity index (χ2v) is 12.0. The van der Waals surface area contributed by atoms with Crippen LogP contribution in [0.2, 0.25) is 0 Å². The summed E-state index contributed by atoms with van der Waals surface area (Å²) in [5.41, 5.74) is 3.89. The fourth-order valence-corrected chi connectivity index (χ4v) is 5.34. The van der Waals surface area contributed by atoms with Gasteiger partial charge in [0.1, 0.15) is 10.6 Å². The van der Waals surface area contributed by atoms with Crippen LogP contribution >= 0.6 is 0 Å². The summed E-state index contributed by atoms with van der Waals surface area (Å²) in [6.07, 6.45) is 3.56. The van der Waals surface area contributed by atoms with Gasteiger partial charge in [-0.05, 0) is 62.0 Å². The smallest absolute Gasteiger partial charge is 0.244 e. The number of nitrogens with one attached hydrogen (secondary N) is 1. The van der Waals surface area contributed by atoms with Crippen molar-refractivity contribution in [2.24, 2.45) is 7.05 Å². The average molecular weight is 478 g/mol. The number of ether oxygens (including phenoxy) is 1. The number of rotatable bonds is 12. The highest BCUT2D eigenvalue weighted by molar-refractivity contribution is 7.89. The van der Waals surface area contributed by atoms with Crippen molar-refractivity contribution in [3.05, 3.63) is 40.7 Å². The zero-order valence-electron chi connectivity index (χ0n) is 22.0. The van der Waals surface area contributed by atoms with Crippen LogP contribution in [0.5, 0.6) is 5.75 Å². The summed E-state index contributed by atoms with van der Waals surface area (Å²) in [7, 11) is -1.81. The number of aromatic nitrogens is 2. The topological polar surface area (TPSA) is 73.2 Å². The van der Waals surface area contributed by atoms with Crippen molar-refractivity contribution in [2.45, 2.75) is 96.8 Å². The number of aryl methyl sites for hydroxylation is 2. The monoisotopic (exact) mass is 477 g/mol. The molecule has 0 bridgehead atoms. The molecule has 33 heavy (non-hydrogen) atoms. The fourth-order valence-electron chi connectivity index (χ4n) is 3.83. The van der Waals surface area contributed by atoms with Gasteiger partial charge < -0.3 is 4.74 Å². The number of benzene rings is 1. The third-order valence-electron chi connectivity index (χ3n) is 7.09. The summed E-state index contributed by atoms with van der Waals surface area (Å²) >= 11 is 0. The largest absolute Gasteiger partial charge is 0.493 e. The molecule has 0 amide bonds. The summed E-state index contributed by atoms with van der Waals surface area (Å²) in [6.45, 7) is 17.9. The molecule has 1 aromatic carbocycles. The lowest BCUT2D eigenvalue weighted by molar-refractivity contribution is 0.296. The molecule has 0 spiro atoms. The van der Waals surface area contributed by atoms with E-state index < -0.39 is 10.0 Å². The van der Waals surface area contributed by atoms with Crippen LogP contribution in [0.1, 0.15) is 89.7 Å². The van der Waals surface area contributed by atoms with E-state index in [4.69, 9.17) is 4.74 Å². The molecule has 0 atom stereocenters. The van der Waals surface area contributed by atoms with Gasteiger partial charge in [-0.15, -0.1) is 0 Å². The molecule has 1 heterocycles. The molecule has 6 nitrogen and oxygen atoms in total. The van der Waals surface area contributed by atoms with Crippen LogP contribution in [-0.4, -0.2) is 31.3 Å². The highest BCUT2D eigenvalue weighted by Crippen LogP contribution is 2.38. The lowest BCUT2D eigenvalue weighted by atomic mass is 9.76. The molecule has 0 saturated heterocycles. The maximum Gasteiger partial charge on any atom is 0.244 e. The summed E-state index contributed by atoms with van der Waals surface area (Å²) in [5.74, 6) is 0.930. The average Bonchev–Trinajstić information content (AvgIpc) is 3.02. The molecule has 7 heteroatoms. The van der Waals surface area contributed by atoms with Crippen LogP contribution in [0.3, 0.4) is 0 Å². The van der Waals surface area contributed by atoms with Gasteiger partial charge in [0, 0.05) is 19.2 Å². The molecule has 0 fully saturated rings. The molecule has 2 rings (SSSR count).